The molecule has 1 nitrogen and oxygen atoms in total. The molecule has 9 heavy (non-hydrogen) atoms. The molecule has 1 rings (SSSR count). The van der Waals surface area contributed by atoms with Gasteiger partial charge in [-0.25, -0.2) is 0 Å². The lowest BCUT2D eigenvalue weighted by atomic mass is 9.86. The Hall–Kier alpha value is -0.590. The fourth-order valence-electron chi connectivity index (χ4n) is 1.17. The second kappa shape index (κ2) is 1.98. The highest BCUT2D eigenvalue weighted by atomic mass is 16.1. The van der Waals surface area contributed by atoms with Gasteiger partial charge < -0.3 is 4.79 Å². The van der Waals surface area contributed by atoms with Crippen molar-refractivity contribution in [2.75, 3.05) is 0 Å². The zero-order valence-electron chi connectivity index (χ0n) is 5.98. The van der Waals surface area contributed by atoms with Gasteiger partial charge in [0.05, 0.1) is 0 Å². The van der Waals surface area contributed by atoms with Crippen LogP contribution in [0, 0.1) is 5.41 Å². The minimum atomic E-state index is -0.125. The quantitative estimate of drug-likeness (QED) is 0.385. The fraction of sp³-hybridized carbons (Fsp3) is 0.625. The highest BCUT2D eigenvalue weighted by Gasteiger charge is 2.28. The van der Waals surface area contributed by atoms with Crippen molar-refractivity contribution >= 4 is 6.29 Å². The summed E-state index contributed by atoms with van der Waals surface area (Å²) >= 11 is 0. The molecule has 1 atom stereocenters. The van der Waals surface area contributed by atoms with Gasteiger partial charge in [0.2, 0.25) is 0 Å². The van der Waals surface area contributed by atoms with Crippen LogP contribution in [0.5, 0.6) is 0 Å². The number of hydrogen-bond donors (Lipinski definition) is 0. The summed E-state index contributed by atoms with van der Waals surface area (Å²) < 4.78 is 0. The van der Waals surface area contributed by atoms with Gasteiger partial charge >= 0.3 is 0 Å². The van der Waals surface area contributed by atoms with E-state index >= 15 is 0 Å². The standard InChI is InChI=1S/C8H12O/c1-7-4-3-5-8(7,2)6-9/h4,6H,3,5H2,1-2H3. The molecule has 0 spiro atoms. The average Bonchev–Trinajstić information content (AvgIpc) is 2.15. The average molecular weight is 124 g/mol. The molecule has 0 aromatic rings. The monoisotopic (exact) mass is 124 g/mol. The second-order valence-electron chi connectivity index (χ2n) is 2.96. The van der Waals surface area contributed by atoms with Crippen LogP contribution in [0.15, 0.2) is 11.6 Å². The summed E-state index contributed by atoms with van der Waals surface area (Å²) in [6.07, 6.45) is 5.28. The third-order valence-electron chi connectivity index (χ3n) is 2.28. The van der Waals surface area contributed by atoms with Gasteiger partial charge in [0.1, 0.15) is 6.29 Å². The molecule has 0 fully saturated rings. The van der Waals surface area contributed by atoms with E-state index in [9.17, 15) is 4.79 Å². The summed E-state index contributed by atoms with van der Waals surface area (Å²) in [5.74, 6) is 0. The first kappa shape index (κ1) is 6.53. The van der Waals surface area contributed by atoms with Crippen molar-refractivity contribution in [1.29, 1.82) is 0 Å². The molecule has 0 aliphatic heterocycles. The van der Waals surface area contributed by atoms with Gasteiger partial charge in [-0.1, -0.05) is 11.6 Å². The van der Waals surface area contributed by atoms with E-state index in [1.54, 1.807) is 0 Å². The van der Waals surface area contributed by atoms with Crippen LogP contribution >= 0.6 is 0 Å². The number of carbonyl (C=O) groups is 1. The van der Waals surface area contributed by atoms with E-state index in [4.69, 9.17) is 0 Å². The molecule has 1 heteroatoms. The predicted octanol–water partition coefficient (Wildman–Crippen LogP) is 1.93. The minimum Gasteiger partial charge on any atom is -0.302 e. The van der Waals surface area contributed by atoms with Crippen LogP contribution in [0.25, 0.3) is 0 Å². The van der Waals surface area contributed by atoms with Crippen molar-refractivity contribution in [2.24, 2.45) is 5.41 Å². The molecule has 0 N–H and O–H groups in total. The normalized spacial score (nSPS) is 34.2. The van der Waals surface area contributed by atoms with E-state index in [1.165, 1.54) is 5.57 Å². The molecular weight excluding hydrogens is 112 g/mol. The van der Waals surface area contributed by atoms with E-state index < -0.39 is 0 Å². The molecule has 0 aromatic heterocycles. The van der Waals surface area contributed by atoms with E-state index in [1.807, 2.05) is 13.8 Å². The third kappa shape index (κ3) is 0.913. The van der Waals surface area contributed by atoms with Gasteiger partial charge in [0, 0.05) is 5.41 Å². The van der Waals surface area contributed by atoms with Crippen molar-refractivity contribution in [2.45, 2.75) is 26.7 Å². The SMILES string of the molecule is CC1=CCCC1(C)C=O. The lowest BCUT2D eigenvalue weighted by Gasteiger charge is -2.16. The van der Waals surface area contributed by atoms with Gasteiger partial charge in [-0.15, -0.1) is 0 Å². The Labute approximate surface area is 55.8 Å². The van der Waals surface area contributed by atoms with Crippen LogP contribution in [0.3, 0.4) is 0 Å². The third-order valence-corrected chi connectivity index (χ3v) is 2.28. The van der Waals surface area contributed by atoms with Crippen molar-refractivity contribution in [3.8, 4) is 0 Å². The molecule has 0 saturated heterocycles. The van der Waals surface area contributed by atoms with E-state index in [-0.39, 0.29) is 5.41 Å². The molecule has 0 saturated carbocycles. The molecule has 0 radical (unpaired) electrons. The maximum atomic E-state index is 10.5. The van der Waals surface area contributed by atoms with E-state index in [2.05, 4.69) is 6.08 Å². The molecule has 0 aromatic carbocycles. The van der Waals surface area contributed by atoms with Crippen LogP contribution in [-0.2, 0) is 4.79 Å². The molecule has 0 heterocycles. The molecule has 0 bridgehead atoms. The minimum absolute atomic E-state index is 0.125. The largest absolute Gasteiger partial charge is 0.302 e. The second-order valence-corrected chi connectivity index (χ2v) is 2.96. The van der Waals surface area contributed by atoms with Crippen molar-refractivity contribution in [3.63, 3.8) is 0 Å². The summed E-state index contributed by atoms with van der Waals surface area (Å²) in [6, 6.07) is 0. The number of allylic oxidation sites excluding steroid dienone is 2. The summed E-state index contributed by atoms with van der Waals surface area (Å²) in [4.78, 5) is 10.5. The molecule has 1 aliphatic carbocycles. The summed E-state index contributed by atoms with van der Waals surface area (Å²) in [7, 11) is 0. The van der Waals surface area contributed by atoms with Crippen LogP contribution in [0.2, 0.25) is 0 Å². The first-order valence-electron chi connectivity index (χ1n) is 3.32. The summed E-state index contributed by atoms with van der Waals surface area (Å²) in [5, 5.41) is 0. The zero-order chi connectivity index (χ0) is 6.91. The topological polar surface area (TPSA) is 17.1 Å². The zero-order valence-corrected chi connectivity index (χ0v) is 5.98. The maximum absolute atomic E-state index is 10.5. The Morgan fingerprint density at radius 1 is 1.78 bits per heavy atom. The first-order chi connectivity index (χ1) is 4.19. The fourth-order valence-corrected chi connectivity index (χ4v) is 1.17. The highest BCUT2D eigenvalue weighted by molar-refractivity contribution is 5.65. The molecule has 0 amide bonds. The Kier molecular flexibility index (Phi) is 1.43. The summed E-state index contributed by atoms with van der Waals surface area (Å²) in [6.45, 7) is 4.03. The lowest BCUT2D eigenvalue weighted by Crippen LogP contribution is -2.14. The van der Waals surface area contributed by atoms with Crippen molar-refractivity contribution in [3.05, 3.63) is 11.6 Å². The van der Waals surface area contributed by atoms with Crippen LogP contribution < -0.4 is 0 Å². The van der Waals surface area contributed by atoms with Gasteiger partial charge in [0.15, 0.2) is 0 Å². The van der Waals surface area contributed by atoms with E-state index in [0.29, 0.717) is 0 Å². The Balaban J connectivity index is 2.82. The van der Waals surface area contributed by atoms with Crippen LogP contribution in [0.1, 0.15) is 26.7 Å². The van der Waals surface area contributed by atoms with Gasteiger partial charge in [-0.2, -0.15) is 0 Å². The molecular formula is C8H12O. The van der Waals surface area contributed by atoms with Gasteiger partial charge in [-0.3, -0.25) is 0 Å². The summed E-state index contributed by atoms with van der Waals surface area (Å²) in [5.41, 5.74) is 1.11. The highest BCUT2D eigenvalue weighted by Crippen LogP contribution is 2.35. The Morgan fingerprint density at radius 3 is 2.67 bits per heavy atom. The number of carbonyl (C=O) groups excluding carboxylic acids is 1. The lowest BCUT2D eigenvalue weighted by molar-refractivity contribution is -0.113. The first-order valence-corrected chi connectivity index (χ1v) is 3.32. The number of aldehydes is 1. The van der Waals surface area contributed by atoms with Crippen molar-refractivity contribution < 1.29 is 4.79 Å². The molecule has 50 valence electrons. The Morgan fingerprint density at radius 2 is 2.44 bits per heavy atom. The Bertz CT molecular complexity index is 158. The predicted molar refractivity (Wildman–Crippen MR) is 37.2 cm³/mol. The van der Waals surface area contributed by atoms with Crippen LogP contribution in [-0.4, -0.2) is 6.29 Å². The van der Waals surface area contributed by atoms with Gasteiger partial charge in [0.25, 0.3) is 0 Å². The molecule has 1 aliphatic rings. The van der Waals surface area contributed by atoms with E-state index in [0.717, 1.165) is 19.1 Å². The van der Waals surface area contributed by atoms with Crippen molar-refractivity contribution in [1.82, 2.24) is 0 Å². The smallest absolute Gasteiger partial charge is 0.129 e. The molecule has 1 unspecified atom stereocenters. The van der Waals surface area contributed by atoms with Gasteiger partial charge in [-0.05, 0) is 26.7 Å². The van der Waals surface area contributed by atoms with Crippen LogP contribution in [0.4, 0.5) is 0 Å². The number of rotatable bonds is 1. The number of hydrogen-bond acceptors (Lipinski definition) is 1. The maximum Gasteiger partial charge on any atom is 0.129 e.